The van der Waals surface area contributed by atoms with Crippen LogP contribution in [-0.2, 0) is 0 Å². The largest absolute Gasteiger partial charge is 0.401 e. The van der Waals surface area contributed by atoms with E-state index in [4.69, 9.17) is 0 Å². The van der Waals surface area contributed by atoms with Crippen molar-refractivity contribution in [2.75, 3.05) is 13.1 Å². The summed E-state index contributed by atoms with van der Waals surface area (Å²) in [6.45, 7) is 5.94. The third-order valence-electron chi connectivity index (χ3n) is 3.43. The van der Waals surface area contributed by atoms with E-state index < -0.39 is 12.7 Å². The molecule has 1 fully saturated rings. The maximum atomic E-state index is 12.5. The Labute approximate surface area is 108 Å². The Hall–Kier alpha value is -0.290. The summed E-state index contributed by atoms with van der Waals surface area (Å²) >= 11 is 0. The summed E-state index contributed by atoms with van der Waals surface area (Å²) in [6, 6.07) is 0.465. The summed E-state index contributed by atoms with van der Waals surface area (Å²) in [5.41, 5.74) is 0. The molecule has 108 valence electrons. The Balaban J connectivity index is 2.37. The predicted octanol–water partition coefficient (Wildman–Crippen LogP) is 3.18. The average Bonchev–Trinajstić information content (AvgIpc) is 3.05. The lowest BCUT2D eigenvalue weighted by Gasteiger charge is -2.31. The molecule has 2 unspecified atom stereocenters. The zero-order chi connectivity index (χ0) is 13.8. The van der Waals surface area contributed by atoms with Crippen LogP contribution < -0.4 is 5.32 Å². The third kappa shape index (κ3) is 6.05. The second-order valence-electron chi connectivity index (χ2n) is 5.47. The van der Waals surface area contributed by atoms with Crippen LogP contribution in [0.4, 0.5) is 13.2 Å². The zero-order valence-corrected chi connectivity index (χ0v) is 11.6. The maximum absolute atomic E-state index is 12.5. The average molecular weight is 266 g/mol. The number of hydrogen-bond donors (Lipinski definition) is 1. The van der Waals surface area contributed by atoms with E-state index >= 15 is 0 Å². The molecule has 2 atom stereocenters. The fourth-order valence-electron chi connectivity index (χ4n) is 2.28. The molecule has 0 radical (unpaired) electrons. The molecule has 1 aliphatic carbocycles. The number of halogens is 3. The highest BCUT2D eigenvalue weighted by molar-refractivity contribution is 4.89. The SMILES string of the molecule is CCCC(C)NCC(C)N(CC(F)(F)F)C1CC1. The lowest BCUT2D eigenvalue weighted by Crippen LogP contribution is -2.47. The van der Waals surface area contributed by atoms with Gasteiger partial charge in [-0.25, -0.2) is 0 Å². The molecule has 5 heteroatoms. The van der Waals surface area contributed by atoms with Crippen molar-refractivity contribution in [3.8, 4) is 0 Å². The van der Waals surface area contributed by atoms with Crippen molar-refractivity contribution in [1.29, 1.82) is 0 Å². The van der Waals surface area contributed by atoms with Crippen LogP contribution >= 0.6 is 0 Å². The van der Waals surface area contributed by atoms with E-state index in [1.54, 1.807) is 4.90 Å². The van der Waals surface area contributed by atoms with Gasteiger partial charge in [0.1, 0.15) is 0 Å². The number of rotatable bonds is 8. The van der Waals surface area contributed by atoms with Gasteiger partial charge >= 0.3 is 6.18 Å². The van der Waals surface area contributed by atoms with Crippen molar-refractivity contribution < 1.29 is 13.2 Å². The minimum atomic E-state index is -4.09. The molecule has 0 bridgehead atoms. The van der Waals surface area contributed by atoms with Crippen molar-refractivity contribution in [2.45, 2.75) is 70.8 Å². The summed E-state index contributed by atoms with van der Waals surface area (Å²) in [4.78, 5) is 1.60. The third-order valence-corrected chi connectivity index (χ3v) is 3.43. The fraction of sp³-hybridized carbons (Fsp3) is 1.00. The number of alkyl halides is 3. The van der Waals surface area contributed by atoms with Gasteiger partial charge in [0.05, 0.1) is 6.54 Å². The van der Waals surface area contributed by atoms with E-state index in [2.05, 4.69) is 19.2 Å². The molecule has 1 rings (SSSR count). The van der Waals surface area contributed by atoms with Crippen LogP contribution in [-0.4, -0.2) is 42.3 Å². The van der Waals surface area contributed by atoms with Crippen molar-refractivity contribution in [3.05, 3.63) is 0 Å². The van der Waals surface area contributed by atoms with Gasteiger partial charge in [0.15, 0.2) is 0 Å². The van der Waals surface area contributed by atoms with Gasteiger partial charge in [-0.2, -0.15) is 13.2 Å². The molecule has 1 N–H and O–H groups in total. The number of hydrogen-bond acceptors (Lipinski definition) is 2. The van der Waals surface area contributed by atoms with E-state index in [0.29, 0.717) is 12.6 Å². The first kappa shape index (κ1) is 15.8. The van der Waals surface area contributed by atoms with Crippen molar-refractivity contribution in [3.63, 3.8) is 0 Å². The standard InChI is InChI=1S/C13H25F3N2/c1-4-5-10(2)17-8-11(3)18(12-6-7-12)9-13(14,15)16/h10-12,17H,4-9H2,1-3H3. The quantitative estimate of drug-likeness (QED) is 0.726. The lowest BCUT2D eigenvalue weighted by atomic mass is 10.2. The second kappa shape index (κ2) is 6.75. The molecule has 0 saturated heterocycles. The Bertz CT molecular complexity index is 239. The monoisotopic (exact) mass is 266 g/mol. The van der Waals surface area contributed by atoms with Gasteiger partial charge in [0.25, 0.3) is 0 Å². The number of nitrogens with one attached hydrogen (secondary N) is 1. The van der Waals surface area contributed by atoms with Gasteiger partial charge in [-0.15, -0.1) is 0 Å². The molecule has 0 aromatic heterocycles. The highest BCUT2D eigenvalue weighted by atomic mass is 19.4. The molecule has 0 aromatic rings. The number of nitrogens with zero attached hydrogens (tertiary/aromatic N) is 1. The molecular formula is C13H25F3N2. The molecule has 0 aliphatic heterocycles. The van der Waals surface area contributed by atoms with Gasteiger partial charge in [0, 0.05) is 24.7 Å². The van der Waals surface area contributed by atoms with Crippen molar-refractivity contribution >= 4 is 0 Å². The van der Waals surface area contributed by atoms with Crippen molar-refractivity contribution in [2.24, 2.45) is 0 Å². The Morgan fingerprint density at radius 3 is 2.33 bits per heavy atom. The maximum Gasteiger partial charge on any atom is 0.401 e. The first-order valence-electron chi connectivity index (χ1n) is 6.89. The molecule has 1 saturated carbocycles. The summed E-state index contributed by atoms with van der Waals surface area (Å²) < 4.78 is 37.5. The second-order valence-corrected chi connectivity index (χ2v) is 5.47. The van der Waals surface area contributed by atoms with Crippen molar-refractivity contribution in [1.82, 2.24) is 10.2 Å². The summed E-state index contributed by atoms with van der Waals surface area (Å²) in [7, 11) is 0. The Kier molecular flexibility index (Phi) is 5.92. The van der Waals surface area contributed by atoms with Gasteiger partial charge in [0.2, 0.25) is 0 Å². The Morgan fingerprint density at radius 1 is 1.28 bits per heavy atom. The van der Waals surface area contributed by atoms with Crippen LogP contribution in [0.2, 0.25) is 0 Å². The molecule has 0 amide bonds. The molecule has 0 aromatic carbocycles. The predicted molar refractivity (Wildman–Crippen MR) is 67.6 cm³/mol. The highest BCUT2D eigenvalue weighted by Crippen LogP contribution is 2.31. The van der Waals surface area contributed by atoms with E-state index in [9.17, 15) is 13.2 Å². The molecular weight excluding hydrogens is 241 g/mol. The van der Waals surface area contributed by atoms with Crippen LogP contribution in [0.5, 0.6) is 0 Å². The van der Waals surface area contributed by atoms with Gasteiger partial charge < -0.3 is 5.32 Å². The van der Waals surface area contributed by atoms with E-state index in [0.717, 1.165) is 25.7 Å². The normalized spacial score (nSPS) is 20.2. The molecule has 1 aliphatic rings. The molecule has 2 nitrogen and oxygen atoms in total. The minimum absolute atomic E-state index is 0.0570. The summed E-state index contributed by atoms with van der Waals surface area (Å²) in [6.07, 6.45) is -0.116. The first-order chi connectivity index (χ1) is 8.33. The topological polar surface area (TPSA) is 15.3 Å². The fourth-order valence-corrected chi connectivity index (χ4v) is 2.28. The van der Waals surface area contributed by atoms with Gasteiger partial charge in [-0.1, -0.05) is 13.3 Å². The van der Waals surface area contributed by atoms with Crippen LogP contribution in [0.25, 0.3) is 0 Å². The van der Waals surface area contributed by atoms with E-state index in [1.807, 2.05) is 6.92 Å². The van der Waals surface area contributed by atoms with Gasteiger partial charge in [-0.3, -0.25) is 4.90 Å². The van der Waals surface area contributed by atoms with Crippen LogP contribution in [0.15, 0.2) is 0 Å². The van der Waals surface area contributed by atoms with E-state index in [1.165, 1.54) is 0 Å². The molecule has 0 spiro atoms. The van der Waals surface area contributed by atoms with E-state index in [-0.39, 0.29) is 12.1 Å². The zero-order valence-electron chi connectivity index (χ0n) is 11.6. The van der Waals surface area contributed by atoms with Crippen LogP contribution in [0, 0.1) is 0 Å². The van der Waals surface area contributed by atoms with Gasteiger partial charge in [-0.05, 0) is 33.1 Å². The minimum Gasteiger partial charge on any atom is -0.313 e. The molecule has 18 heavy (non-hydrogen) atoms. The first-order valence-corrected chi connectivity index (χ1v) is 6.89. The van der Waals surface area contributed by atoms with Crippen LogP contribution in [0.1, 0.15) is 46.5 Å². The lowest BCUT2D eigenvalue weighted by molar-refractivity contribution is -0.151. The smallest absolute Gasteiger partial charge is 0.313 e. The van der Waals surface area contributed by atoms with Crippen LogP contribution in [0.3, 0.4) is 0 Å². The highest BCUT2D eigenvalue weighted by Gasteiger charge is 2.40. The Morgan fingerprint density at radius 2 is 1.89 bits per heavy atom. The molecule has 0 heterocycles. The summed E-state index contributed by atoms with van der Waals surface area (Å²) in [5.74, 6) is 0. The summed E-state index contributed by atoms with van der Waals surface area (Å²) in [5, 5.41) is 3.32.